The number of halogens is 1. The third-order valence-electron chi connectivity index (χ3n) is 4.00. The van der Waals surface area contributed by atoms with E-state index in [9.17, 15) is 0 Å². The number of benzene rings is 1. The number of para-hydroxylation sites is 1. The summed E-state index contributed by atoms with van der Waals surface area (Å²) in [6.45, 7) is 3.03. The molecule has 0 radical (unpaired) electrons. The van der Waals surface area contributed by atoms with E-state index in [0.29, 0.717) is 11.9 Å². The molecule has 1 aliphatic carbocycles. The number of aromatic nitrogens is 1. The molecule has 100 valence electrons. The molecular formula is C16H19ClN2. The predicted molar refractivity (Wildman–Crippen MR) is 82.2 cm³/mol. The fourth-order valence-electron chi connectivity index (χ4n) is 2.75. The highest BCUT2D eigenvalue weighted by atomic mass is 35.5. The Balaban J connectivity index is 2.03. The molecular weight excluding hydrogens is 256 g/mol. The Morgan fingerprint density at radius 2 is 2.11 bits per heavy atom. The third-order valence-corrected chi connectivity index (χ3v) is 4.17. The fourth-order valence-corrected chi connectivity index (χ4v) is 2.94. The first kappa shape index (κ1) is 12.7. The van der Waals surface area contributed by atoms with Crippen LogP contribution in [0.3, 0.4) is 0 Å². The molecule has 0 N–H and O–H groups in total. The minimum absolute atomic E-state index is 0.631. The molecule has 0 saturated heterocycles. The monoisotopic (exact) mass is 274 g/mol. The molecule has 1 aromatic carbocycles. The van der Waals surface area contributed by atoms with Crippen LogP contribution >= 0.6 is 11.6 Å². The highest BCUT2D eigenvalue weighted by molar-refractivity contribution is 6.18. The molecule has 0 aliphatic heterocycles. The van der Waals surface area contributed by atoms with Crippen molar-refractivity contribution < 1.29 is 0 Å². The summed E-state index contributed by atoms with van der Waals surface area (Å²) >= 11 is 5.97. The van der Waals surface area contributed by atoms with Gasteiger partial charge in [-0.25, -0.2) is 4.98 Å². The van der Waals surface area contributed by atoms with E-state index >= 15 is 0 Å². The number of rotatable bonds is 4. The lowest BCUT2D eigenvalue weighted by Gasteiger charge is -2.39. The maximum atomic E-state index is 5.97. The van der Waals surface area contributed by atoms with Crippen molar-refractivity contribution in [3.8, 4) is 0 Å². The highest BCUT2D eigenvalue weighted by Gasteiger charge is 2.26. The minimum Gasteiger partial charge on any atom is -0.352 e. The molecule has 1 aliphatic rings. The van der Waals surface area contributed by atoms with Crippen LogP contribution in [0.5, 0.6) is 0 Å². The molecule has 0 spiro atoms. The second kappa shape index (κ2) is 5.38. The van der Waals surface area contributed by atoms with Gasteiger partial charge in [0.15, 0.2) is 0 Å². The Morgan fingerprint density at radius 3 is 2.79 bits per heavy atom. The topological polar surface area (TPSA) is 16.1 Å². The van der Waals surface area contributed by atoms with Gasteiger partial charge in [0, 0.05) is 23.9 Å². The summed E-state index contributed by atoms with van der Waals surface area (Å²) in [6, 6.07) is 11.2. The average Bonchev–Trinajstić information content (AvgIpc) is 2.35. The maximum Gasteiger partial charge on any atom is 0.132 e. The third kappa shape index (κ3) is 2.42. The van der Waals surface area contributed by atoms with Crippen LogP contribution in [-0.2, 0) is 0 Å². The van der Waals surface area contributed by atoms with Gasteiger partial charge in [0.25, 0.3) is 0 Å². The molecule has 3 rings (SSSR count). The van der Waals surface area contributed by atoms with E-state index in [-0.39, 0.29) is 0 Å². The molecule has 2 nitrogen and oxygen atoms in total. The Morgan fingerprint density at radius 1 is 1.32 bits per heavy atom. The van der Waals surface area contributed by atoms with Crippen molar-refractivity contribution in [2.24, 2.45) is 0 Å². The molecule has 0 bridgehead atoms. The Bertz CT molecular complexity index is 578. The van der Waals surface area contributed by atoms with Crippen LogP contribution in [0.2, 0.25) is 0 Å². The van der Waals surface area contributed by atoms with E-state index < -0.39 is 0 Å². The normalized spacial score (nSPS) is 15.5. The smallest absolute Gasteiger partial charge is 0.132 e. The SMILES string of the molecule is Cc1cc2ccccc2nc1N(CCCl)C1CCC1. The average molecular weight is 275 g/mol. The van der Waals surface area contributed by atoms with Gasteiger partial charge in [-0.2, -0.15) is 0 Å². The van der Waals surface area contributed by atoms with Crippen LogP contribution in [0.4, 0.5) is 5.82 Å². The van der Waals surface area contributed by atoms with E-state index in [1.165, 1.54) is 30.2 Å². The molecule has 1 fully saturated rings. The zero-order valence-corrected chi connectivity index (χ0v) is 12.0. The molecule has 0 amide bonds. The van der Waals surface area contributed by atoms with Gasteiger partial charge >= 0.3 is 0 Å². The lowest BCUT2D eigenvalue weighted by atomic mass is 9.91. The number of fused-ring (bicyclic) bond motifs is 1. The van der Waals surface area contributed by atoms with Crippen molar-refractivity contribution in [2.45, 2.75) is 32.2 Å². The highest BCUT2D eigenvalue weighted by Crippen LogP contribution is 2.31. The number of hydrogen-bond donors (Lipinski definition) is 0. The van der Waals surface area contributed by atoms with Crippen LogP contribution in [0, 0.1) is 6.92 Å². The number of hydrogen-bond acceptors (Lipinski definition) is 2. The fraction of sp³-hybridized carbons (Fsp3) is 0.438. The summed E-state index contributed by atoms with van der Waals surface area (Å²) < 4.78 is 0. The largest absolute Gasteiger partial charge is 0.352 e. The van der Waals surface area contributed by atoms with Gasteiger partial charge < -0.3 is 4.90 Å². The van der Waals surface area contributed by atoms with E-state index in [0.717, 1.165) is 17.9 Å². The summed E-state index contributed by atoms with van der Waals surface area (Å²) in [7, 11) is 0. The standard InChI is InChI=1S/C16H19ClN2/c1-12-11-13-5-2-3-8-15(13)18-16(12)19(10-9-17)14-6-4-7-14/h2-3,5,8,11,14H,4,6-7,9-10H2,1H3. The van der Waals surface area contributed by atoms with Crippen molar-refractivity contribution in [1.82, 2.24) is 4.98 Å². The Kier molecular flexibility index (Phi) is 3.61. The van der Waals surface area contributed by atoms with Crippen LogP contribution in [-0.4, -0.2) is 23.5 Å². The van der Waals surface area contributed by atoms with Gasteiger partial charge in [0.1, 0.15) is 5.82 Å². The quantitative estimate of drug-likeness (QED) is 0.779. The van der Waals surface area contributed by atoms with E-state index in [4.69, 9.17) is 16.6 Å². The molecule has 3 heteroatoms. The van der Waals surface area contributed by atoms with Gasteiger partial charge in [-0.1, -0.05) is 18.2 Å². The molecule has 1 aromatic heterocycles. The van der Waals surface area contributed by atoms with Gasteiger partial charge in [-0.3, -0.25) is 0 Å². The van der Waals surface area contributed by atoms with Crippen molar-refractivity contribution in [1.29, 1.82) is 0 Å². The van der Waals surface area contributed by atoms with E-state index in [1.807, 2.05) is 6.07 Å². The molecule has 19 heavy (non-hydrogen) atoms. The summed E-state index contributed by atoms with van der Waals surface area (Å²) in [5.74, 6) is 1.77. The first-order valence-electron chi connectivity index (χ1n) is 6.98. The first-order chi connectivity index (χ1) is 9.29. The van der Waals surface area contributed by atoms with Crippen molar-refractivity contribution in [2.75, 3.05) is 17.3 Å². The number of pyridine rings is 1. The zero-order valence-electron chi connectivity index (χ0n) is 11.3. The first-order valence-corrected chi connectivity index (χ1v) is 7.52. The van der Waals surface area contributed by atoms with Crippen LogP contribution in [0.25, 0.3) is 10.9 Å². The van der Waals surface area contributed by atoms with Crippen LogP contribution in [0.15, 0.2) is 30.3 Å². The number of anilines is 1. The molecule has 1 heterocycles. The number of alkyl halides is 1. The van der Waals surface area contributed by atoms with Gasteiger partial charge in [-0.05, 0) is 43.9 Å². The van der Waals surface area contributed by atoms with Gasteiger partial charge in [0.05, 0.1) is 5.52 Å². The second-order valence-electron chi connectivity index (χ2n) is 5.29. The molecule has 2 aromatic rings. The maximum absolute atomic E-state index is 5.97. The van der Waals surface area contributed by atoms with Gasteiger partial charge in [-0.15, -0.1) is 11.6 Å². The van der Waals surface area contributed by atoms with Crippen LogP contribution < -0.4 is 4.90 Å². The lowest BCUT2D eigenvalue weighted by Crippen LogP contribution is -2.42. The summed E-state index contributed by atoms with van der Waals surface area (Å²) in [5.41, 5.74) is 2.32. The lowest BCUT2D eigenvalue weighted by molar-refractivity contribution is 0.388. The molecule has 1 saturated carbocycles. The summed E-state index contributed by atoms with van der Waals surface area (Å²) in [6.07, 6.45) is 3.87. The Labute approximate surface area is 119 Å². The molecule has 0 atom stereocenters. The second-order valence-corrected chi connectivity index (χ2v) is 5.67. The van der Waals surface area contributed by atoms with Crippen LogP contribution in [0.1, 0.15) is 24.8 Å². The minimum atomic E-state index is 0.631. The summed E-state index contributed by atoms with van der Waals surface area (Å²) in [5, 5.41) is 1.21. The number of aryl methyl sites for hydroxylation is 1. The zero-order chi connectivity index (χ0) is 13.2. The van der Waals surface area contributed by atoms with E-state index in [1.54, 1.807) is 0 Å². The van der Waals surface area contributed by atoms with Crippen molar-refractivity contribution >= 4 is 28.3 Å². The Hall–Kier alpha value is -1.28. The summed E-state index contributed by atoms with van der Waals surface area (Å²) in [4.78, 5) is 7.26. The molecule has 0 unspecified atom stereocenters. The van der Waals surface area contributed by atoms with E-state index in [2.05, 4.69) is 36.1 Å². The number of nitrogens with zero attached hydrogens (tertiary/aromatic N) is 2. The van der Waals surface area contributed by atoms with Crippen molar-refractivity contribution in [3.05, 3.63) is 35.9 Å². The predicted octanol–water partition coefficient (Wildman–Crippen LogP) is 4.14. The van der Waals surface area contributed by atoms with Gasteiger partial charge in [0.2, 0.25) is 0 Å². The van der Waals surface area contributed by atoms with Crippen molar-refractivity contribution in [3.63, 3.8) is 0 Å².